The Kier molecular flexibility index (Phi) is 5.75. The Morgan fingerprint density at radius 2 is 2.00 bits per heavy atom. The second-order valence-corrected chi connectivity index (χ2v) is 2.93. The number of primary amides is 1. The molecule has 0 saturated carbocycles. The SMILES string of the molecule is CC(NOCC(N)=O)C(=O)NCC(F)(F)F. The van der Waals surface area contributed by atoms with Crippen molar-refractivity contribution in [1.82, 2.24) is 10.8 Å². The van der Waals surface area contributed by atoms with Crippen molar-refractivity contribution in [2.75, 3.05) is 13.2 Å². The third-order valence-corrected chi connectivity index (χ3v) is 1.33. The van der Waals surface area contributed by atoms with Gasteiger partial charge in [-0.25, -0.2) is 0 Å². The van der Waals surface area contributed by atoms with E-state index in [2.05, 4.69) is 10.3 Å². The van der Waals surface area contributed by atoms with Gasteiger partial charge in [-0.15, -0.1) is 0 Å². The first-order valence-corrected chi connectivity index (χ1v) is 4.22. The lowest BCUT2D eigenvalue weighted by Gasteiger charge is -2.14. The molecular weight excluding hydrogens is 231 g/mol. The molecule has 4 N–H and O–H groups in total. The van der Waals surface area contributed by atoms with Crippen LogP contribution in [0.15, 0.2) is 0 Å². The van der Waals surface area contributed by atoms with Gasteiger partial charge in [-0.3, -0.25) is 14.4 Å². The largest absolute Gasteiger partial charge is 0.405 e. The molecule has 0 heterocycles. The van der Waals surface area contributed by atoms with Crippen LogP contribution in [-0.2, 0) is 14.4 Å². The number of alkyl halides is 3. The topological polar surface area (TPSA) is 93.4 Å². The molecule has 9 heteroatoms. The number of rotatable bonds is 6. The molecule has 94 valence electrons. The number of carbonyl (C=O) groups excluding carboxylic acids is 2. The van der Waals surface area contributed by atoms with Crippen LogP contribution in [-0.4, -0.2) is 37.2 Å². The number of hydroxylamine groups is 1. The van der Waals surface area contributed by atoms with Gasteiger partial charge in [0.05, 0.1) is 0 Å². The smallest absolute Gasteiger partial charge is 0.368 e. The van der Waals surface area contributed by atoms with Crippen LogP contribution < -0.4 is 16.5 Å². The molecule has 0 aromatic rings. The molecule has 0 aliphatic heterocycles. The fraction of sp³-hybridized carbons (Fsp3) is 0.714. The maximum Gasteiger partial charge on any atom is 0.405 e. The van der Waals surface area contributed by atoms with Gasteiger partial charge in [0.25, 0.3) is 0 Å². The molecular formula is C7H12F3N3O3. The molecule has 0 saturated heterocycles. The Morgan fingerprint density at radius 1 is 1.44 bits per heavy atom. The number of halogens is 3. The fourth-order valence-electron chi connectivity index (χ4n) is 0.632. The Balaban J connectivity index is 3.78. The lowest BCUT2D eigenvalue weighted by molar-refractivity contribution is -0.142. The van der Waals surface area contributed by atoms with Gasteiger partial charge in [0, 0.05) is 0 Å². The summed E-state index contributed by atoms with van der Waals surface area (Å²) in [5.41, 5.74) is 6.79. The summed E-state index contributed by atoms with van der Waals surface area (Å²) in [6.45, 7) is -0.628. The highest BCUT2D eigenvalue weighted by atomic mass is 19.4. The van der Waals surface area contributed by atoms with E-state index in [1.54, 1.807) is 5.32 Å². The summed E-state index contributed by atoms with van der Waals surface area (Å²) >= 11 is 0. The van der Waals surface area contributed by atoms with E-state index in [-0.39, 0.29) is 0 Å². The predicted octanol–water partition coefficient (Wildman–Crippen LogP) is -0.940. The number of carbonyl (C=O) groups is 2. The lowest BCUT2D eigenvalue weighted by Crippen LogP contribution is -2.45. The van der Waals surface area contributed by atoms with Crippen LogP contribution >= 0.6 is 0 Å². The molecule has 0 bridgehead atoms. The van der Waals surface area contributed by atoms with Gasteiger partial charge < -0.3 is 11.1 Å². The quantitative estimate of drug-likeness (QED) is 0.525. The van der Waals surface area contributed by atoms with Crippen LogP contribution in [0.25, 0.3) is 0 Å². The average Bonchev–Trinajstić information content (AvgIpc) is 2.12. The Hall–Kier alpha value is -1.35. The highest BCUT2D eigenvalue weighted by Gasteiger charge is 2.28. The van der Waals surface area contributed by atoms with Crippen LogP contribution in [0.4, 0.5) is 13.2 Å². The zero-order valence-corrected chi connectivity index (χ0v) is 8.43. The van der Waals surface area contributed by atoms with Crippen LogP contribution in [0.3, 0.4) is 0 Å². The van der Waals surface area contributed by atoms with E-state index in [4.69, 9.17) is 5.73 Å². The summed E-state index contributed by atoms with van der Waals surface area (Å²) in [5.74, 6) is -1.67. The van der Waals surface area contributed by atoms with Crippen molar-refractivity contribution < 1.29 is 27.6 Å². The minimum atomic E-state index is -4.47. The molecule has 1 atom stereocenters. The van der Waals surface area contributed by atoms with Gasteiger partial charge in [0.1, 0.15) is 19.2 Å². The fourth-order valence-corrected chi connectivity index (χ4v) is 0.632. The van der Waals surface area contributed by atoms with E-state index in [0.717, 1.165) is 0 Å². The number of nitrogens with two attached hydrogens (primary N) is 1. The van der Waals surface area contributed by atoms with Crippen molar-refractivity contribution in [3.8, 4) is 0 Å². The molecule has 0 rings (SSSR count). The van der Waals surface area contributed by atoms with E-state index < -0.39 is 37.2 Å². The number of hydrogen-bond donors (Lipinski definition) is 3. The molecule has 0 radical (unpaired) electrons. The lowest BCUT2D eigenvalue weighted by atomic mass is 10.3. The number of nitrogens with one attached hydrogen (secondary N) is 2. The van der Waals surface area contributed by atoms with E-state index in [0.29, 0.717) is 0 Å². The molecule has 0 spiro atoms. The van der Waals surface area contributed by atoms with Crippen LogP contribution in [0.1, 0.15) is 6.92 Å². The van der Waals surface area contributed by atoms with Gasteiger partial charge in [0.15, 0.2) is 0 Å². The van der Waals surface area contributed by atoms with Crippen molar-refractivity contribution in [3.63, 3.8) is 0 Å². The zero-order valence-electron chi connectivity index (χ0n) is 8.43. The summed E-state index contributed by atoms with van der Waals surface area (Å²) < 4.78 is 35.1. The molecule has 0 aliphatic carbocycles. The highest BCUT2D eigenvalue weighted by Crippen LogP contribution is 2.12. The van der Waals surface area contributed by atoms with Gasteiger partial charge in [-0.2, -0.15) is 18.7 Å². The second kappa shape index (κ2) is 6.28. The molecule has 1 unspecified atom stereocenters. The Morgan fingerprint density at radius 3 is 2.44 bits per heavy atom. The number of hydrogen-bond acceptors (Lipinski definition) is 4. The maximum absolute atomic E-state index is 11.7. The van der Waals surface area contributed by atoms with Gasteiger partial charge >= 0.3 is 6.18 Å². The summed E-state index contributed by atoms with van der Waals surface area (Å²) in [7, 11) is 0. The van der Waals surface area contributed by atoms with Gasteiger partial charge in [-0.1, -0.05) is 0 Å². The Labute approximate surface area is 89.3 Å². The van der Waals surface area contributed by atoms with Crippen molar-refractivity contribution >= 4 is 11.8 Å². The standard InChI is InChI=1S/C7H12F3N3O3/c1-4(13-16-2-5(11)14)6(15)12-3-7(8,9)10/h4,13H,2-3H2,1H3,(H2,11,14)(H,12,15). The minimum Gasteiger partial charge on any atom is -0.368 e. The van der Waals surface area contributed by atoms with Gasteiger partial charge in [-0.05, 0) is 6.92 Å². The third-order valence-electron chi connectivity index (χ3n) is 1.33. The normalized spacial score (nSPS) is 13.2. The first kappa shape index (κ1) is 14.6. The van der Waals surface area contributed by atoms with Crippen molar-refractivity contribution in [1.29, 1.82) is 0 Å². The summed E-state index contributed by atoms with van der Waals surface area (Å²) in [6.07, 6.45) is -4.47. The van der Waals surface area contributed by atoms with E-state index in [1.165, 1.54) is 6.92 Å². The molecule has 2 amide bonds. The van der Waals surface area contributed by atoms with Crippen LogP contribution in [0, 0.1) is 0 Å². The first-order chi connectivity index (χ1) is 7.22. The van der Waals surface area contributed by atoms with Crippen molar-refractivity contribution in [2.24, 2.45) is 5.73 Å². The second-order valence-electron chi connectivity index (χ2n) is 2.93. The van der Waals surface area contributed by atoms with Crippen molar-refractivity contribution in [3.05, 3.63) is 0 Å². The maximum atomic E-state index is 11.7. The number of amides is 2. The third kappa shape index (κ3) is 8.00. The molecule has 0 aromatic carbocycles. The molecule has 0 fully saturated rings. The monoisotopic (exact) mass is 243 g/mol. The summed E-state index contributed by atoms with van der Waals surface area (Å²) in [6, 6.07) is -1.03. The van der Waals surface area contributed by atoms with Crippen molar-refractivity contribution in [2.45, 2.75) is 19.1 Å². The highest BCUT2D eigenvalue weighted by molar-refractivity contribution is 5.81. The molecule has 0 aromatic heterocycles. The summed E-state index contributed by atoms with van der Waals surface area (Å²) in [4.78, 5) is 25.7. The van der Waals surface area contributed by atoms with Crippen LogP contribution in [0.2, 0.25) is 0 Å². The first-order valence-electron chi connectivity index (χ1n) is 4.22. The Bertz CT molecular complexity index is 257. The molecule has 0 aliphatic rings. The molecule has 6 nitrogen and oxygen atoms in total. The van der Waals surface area contributed by atoms with E-state index in [1.807, 2.05) is 0 Å². The predicted molar refractivity (Wildman–Crippen MR) is 46.8 cm³/mol. The van der Waals surface area contributed by atoms with Gasteiger partial charge in [0.2, 0.25) is 11.8 Å². The van der Waals surface area contributed by atoms with Crippen LogP contribution in [0.5, 0.6) is 0 Å². The molecule has 16 heavy (non-hydrogen) atoms. The minimum absolute atomic E-state index is 0.475. The average molecular weight is 243 g/mol. The zero-order chi connectivity index (χ0) is 12.8. The summed E-state index contributed by atoms with van der Waals surface area (Å²) in [5, 5.41) is 1.64. The van der Waals surface area contributed by atoms with E-state index in [9.17, 15) is 22.8 Å². The van der Waals surface area contributed by atoms with E-state index >= 15 is 0 Å².